The van der Waals surface area contributed by atoms with Gasteiger partial charge in [-0.15, -0.1) is 0 Å². The number of hydrogen-bond acceptors (Lipinski definition) is 3. The third-order valence-electron chi connectivity index (χ3n) is 2.18. The highest BCUT2D eigenvalue weighted by Gasteiger charge is 1.99. The van der Waals surface area contributed by atoms with Crippen molar-refractivity contribution >= 4 is 16.6 Å². The summed E-state index contributed by atoms with van der Waals surface area (Å²) in [5, 5.41) is 12.8. The average molecular weight is 197 g/mol. The number of hydrogen-bond donors (Lipinski definition) is 1. The number of nitrogens with zero attached hydrogens (tertiary/aromatic N) is 2. The predicted molar refractivity (Wildman–Crippen MR) is 60.5 cm³/mol. The molecule has 2 aromatic rings. The summed E-state index contributed by atoms with van der Waals surface area (Å²) in [7, 11) is 0. The average Bonchev–Trinajstić information content (AvgIpc) is 2.30. The third kappa shape index (κ3) is 2.05. The van der Waals surface area contributed by atoms with E-state index in [0.29, 0.717) is 13.0 Å². The lowest BCUT2D eigenvalue weighted by atomic mass is 10.2. The van der Waals surface area contributed by atoms with Crippen molar-refractivity contribution in [3.8, 4) is 6.07 Å². The summed E-state index contributed by atoms with van der Waals surface area (Å²) in [6, 6.07) is 12.0. The quantitative estimate of drug-likeness (QED) is 0.769. The maximum Gasteiger partial charge on any atom is 0.0933 e. The first-order chi connectivity index (χ1) is 7.42. The van der Waals surface area contributed by atoms with Gasteiger partial charge in [-0.25, -0.2) is 0 Å². The van der Waals surface area contributed by atoms with Crippen molar-refractivity contribution in [2.75, 3.05) is 11.9 Å². The van der Waals surface area contributed by atoms with E-state index in [1.165, 1.54) is 0 Å². The molecule has 2 rings (SSSR count). The summed E-state index contributed by atoms with van der Waals surface area (Å²) >= 11 is 0. The molecule has 74 valence electrons. The molecule has 0 spiro atoms. The molecule has 0 bridgehead atoms. The first-order valence-electron chi connectivity index (χ1n) is 4.86. The number of fused-ring (bicyclic) bond motifs is 1. The van der Waals surface area contributed by atoms with Crippen molar-refractivity contribution in [3.05, 3.63) is 36.5 Å². The minimum absolute atomic E-state index is 0.503. The van der Waals surface area contributed by atoms with Gasteiger partial charge in [0, 0.05) is 18.1 Å². The van der Waals surface area contributed by atoms with Crippen LogP contribution in [0.15, 0.2) is 36.5 Å². The van der Waals surface area contributed by atoms with Crippen LogP contribution >= 0.6 is 0 Å². The van der Waals surface area contributed by atoms with E-state index in [2.05, 4.69) is 16.4 Å². The van der Waals surface area contributed by atoms with Gasteiger partial charge in [0.2, 0.25) is 0 Å². The molecule has 0 aliphatic heterocycles. The van der Waals surface area contributed by atoms with Crippen LogP contribution in [0.5, 0.6) is 0 Å². The molecular weight excluding hydrogens is 186 g/mol. The molecule has 1 N–H and O–H groups in total. The zero-order valence-electron chi connectivity index (χ0n) is 8.27. The molecule has 0 aliphatic rings. The molecule has 3 nitrogen and oxygen atoms in total. The highest BCUT2D eigenvalue weighted by molar-refractivity contribution is 5.90. The maximum atomic E-state index is 8.45. The number of anilines is 1. The van der Waals surface area contributed by atoms with Crippen molar-refractivity contribution in [2.24, 2.45) is 0 Å². The number of pyridine rings is 1. The summed E-state index contributed by atoms with van der Waals surface area (Å²) in [6.45, 7) is 0.659. The SMILES string of the molecule is N#CCCNc1cccc2cccnc12. The van der Waals surface area contributed by atoms with Crippen LogP contribution in [0.25, 0.3) is 10.9 Å². The lowest BCUT2D eigenvalue weighted by molar-refractivity contribution is 1.08. The molecular formula is C12H11N3. The Labute approximate surface area is 88.4 Å². The van der Waals surface area contributed by atoms with Crippen LogP contribution in [-0.2, 0) is 0 Å². The molecule has 0 aliphatic carbocycles. The van der Waals surface area contributed by atoms with E-state index >= 15 is 0 Å². The van der Waals surface area contributed by atoms with E-state index < -0.39 is 0 Å². The van der Waals surface area contributed by atoms with Gasteiger partial charge >= 0.3 is 0 Å². The van der Waals surface area contributed by atoms with Crippen LogP contribution in [0, 0.1) is 11.3 Å². The Morgan fingerprint density at radius 3 is 3.00 bits per heavy atom. The van der Waals surface area contributed by atoms with Gasteiger partial charge < -0.3 is 5.32 Å². The first-order valence-corrected chi connectivity index (χ1v) is 4.86. The molecule has 0 atom stereocenters. The fourth-order valence-corrected chi connectivity index (χ4v) is 1.50. The van der Waals surface area contributed by atoms with Gasteiger partial charge in [0.1, 0.15) is 0 Å². The lowest BCUT2D eigenvalue weighted by Gasteiger charge is -2.06. The molecule has 0 unspecified atom stereocenters. The number of benzene rings is 1. The third-order valence-corrected chi connectivity index (χ3v) is 2.18. The number of para-hydroxylation sites is 1. The molecule has 15 heavy (non-hydrogen) atoms. The highest BCUT2D eigenvalue weighted by Crippen LogP contribution is 2.20. The van der Waals surface area contributed by atoms with Gasteiger partial charge in [-0.2, -0.15) is 5.26 Å². The summed E-state index contributed by atoms with van der Waals surface area (Å²) in [5.74, 6) is 0. The van der Waals surface area contributed by atoms with Gasteiger partial charge in [0.05, 0.1) is 23.7 Å². The van der Waals surface area contributed by atoms with Crippen molar-refractivity contribution in [3.63, 3.8) is 0 Å². The zero-order valence-corrected chi connectivity index (χ0v) is 8.27. The second kappa shape index (κ2) is 4.43. The molecule has 0 saturated heterocycles. The Balaban J connectivity index is 2.31. The minimum atomic E-state index is 0.503. The Bertz CT molecular complexity index is 494. The topological polar surface area (TPSA) is 48.7 Å². The number of aromatic nitrogens is 1. The van der Waals surface area contributed by atoms with Crippen molar-refractivity contribution in [1.82, 2.24) is 4.98 Å². The smallest absolute Gasteiger partial charge is 0.0933 e. The molecule has 3 heteroatoms. The monoisotopic (exact) mass is 197 g/mol. The van der Waals surface area contributed by atoms with E-state index in [1.54, 1.807) is 6.20 Å². The van der Waals surface area contributed by atoms with Crippen LogP contribution in [-0.4, -0.2) is 11.5 Å². The summed E-state index contributed by atoms with van der Waals surface area (Å²) in [4.78, 5) is 4.31. The molecule has 1 heterocycles. The van der Waals surface area contributed by atoms with E-state index in [-0.39, 0.29) is 0 Å². The van der Waals surface area contributed by atoms with Crippen molar-refractivity contribution in [2.45, 2.75) is 6.42 Å². The molecule has 0 fully saturated rings. The molecule has 0 saturated carbocycles. The van der Waals surface area contributed by atoms with Crippen molar-refractivity contribution < 1.29 is 0 Å². The Morgan fingerprint density at radius 1 is 1.27 bits per heavy atom. The van der Waals surface area contributed by atoms with Crippen LogP contribution in [0.3, 0.4) is 0 Å². The van der Waals surface area contributed by atoms with Gasteiger partial charge in [-0.05, 0) is 12.1 Å². The second-order valence-electron chi connectivity index (χ2n) is 3.22. The normalized spacial score (nSPS) is 9.80. The molecule has 1 aromatic carbocycles. The largest absolute Gasteiger partial charge is 0.382 e. The summed E-state index contributed by atoms with van der Waals surface area (Å²) in [6.07, 6.45) is 2.28. The fourth-order valence-electron chi connectivity index (χ4n) is 1.50. The first kappa shape index (κ1) is 9.47. The van der Waals surface area contributed by atoms with Gasteiger partial charge in [0.25, 0.3) is 0 Å². The maximum absolute atomic E-state index is 8.45. The fraction of sp³-hybridized carbons (Fsp3) is 0.167. The second-order valence-corrected chi connectivity index (χ2v) is 3.22. The van der Waals surface area contributed by atoms with Gasteiger partial charge in [-0.3, -0.25) is 4.98 Å². The van der Waals surface area contributed by atoms with Crippen LogP contribution in [0.1, 0.15) is 6.42 Å². The van der Waals surface area contributed by atoms with E-state index in [1.807, 2.05) is 30.3 Å². The number of rotatable bonds is 3. The minimum Gasteiger partial charge on any atom is -0.382 e. The Kier molecular flexibility index (Phi) is 2.80. The van der Waals surface area contributed by atoms with E-state index in [0.717, 1.165) is 16.6 Å². The van der Waals surface area contributed by atoms with Crippen molar-refractivity contribution in [1.29, 1.82) is 5.26 Å². The molecule has 0 amide bonds. The Morgan fingerprint density at radius 2 is 2.13 bits per heavy atom. The lowest BCUT2D eigenvalue weighted by Crippen LogP contribution is -2.01. The zero-order chi connectivity index (χ0) is 10.5. The van der Waals surface area contributed by atoms with Gasteiger partial charge in [-0.1, -0.05) is 18.2 Å². The van der Waals surface area contributed by atoms with E-state index in [9.17, 15) is 0 Å². The molecule has 0 radical (unpaired) electrons. The number of nitrogens with one attached hydrogen (secondary N) is 1. The van der Waals surface area contributed by atoms with Crippen LogP contribution in [0.4, 0.5) is 5.69 Å². The predicted octanol–water partition coefficient (Wildman–Crippen LogP) is 2.56. The number of nitriles is 1. The van der Waals surface area contributed by atoms with Gasteiger partial charge in [0.15, 0.2) is 0 Å². The standard InChI is InChI=1S/C12H11N3/c13-7-3-9-14-11-6-1-4-10-5-2-8-15-12(10)11/h1-2,4-6,8,14H,3,9H2. The van der Waals surface area contributed by atoms with Crippen LogP contribution in [0.2, 0.25) is 0 Å². The summed E-state index contributed by atoms with van der Waals surface area (Å²) in [5.41, 5.74) is 1.95. The summed E-state index contributed by atoms with van der Waals surface area (Å²) < 4.78 is 0. The highest BCUT2D eigenvalue weighted by atomic mass is 14.9. The van der Waals surface area contributed by atoms with Crippen LogP contribution < -0.4 is 5.32 Å². The van der Waals surface area contributed by atoms with E-state index in [4.69, 9.17) is 5.26 Å². The Hall–Kier alpha value is -2.08. The molecule has 1 aromatic heterocycles.